The molecule has 0 bridgehead atoms. The van der Waals surface area contributed by atoms with E-state index >= 15 is 0 Å². The zero-order chi connectivity index (χ0) is 20.6. The van der Waals surface area contributed by atoms with Crippen molar-refractivity contribution in [2.75, 3.05) is 39.5 Å². The molecule has 0 amide bonds. The molecule has 29 heavy (non-hydrogen) atoms. The fourth-order valence-corrected chi connectivity index (χ4v) is 3.04. The maximum Gasteiger partial charge on any atom is 0.191 e. The van der Waals surface area contributed by atoms with Crippen molar-refractivity contribution in [3.63, 3.8) is 0 Å². The van der Waals surface area contributed by atoms with Crippen molar-refractivity contribution in [3.8, 4) is 0 Å². The predicted octanol–water partition coefficient (Wildman–Crippen LogP) is 3.64. The SMILES string of the molecule is CCCCOCCCNC(=NCc1ccc(COC2CCOCC2)cc1)NCC. The van der Waals surface area contributed by atoms with E-state index in [1.807, 2.05) is 0 Å². The zero-order valence-electron chi connectivity index (χ0n) is 18.3. The van der Waals surface area contributed by atoms with E-state index in [-0.39, 0.29) is 0 Å². The van der Waals surface area contributed by atoms with Crippen LogP contribution in [-0.2, 0) is 27.4 Å². The summed E-state index contributed by atoms with van der Waals surface area (Å²) < 4.78 is 17.0. The van der Waals surface area contributed by atoms with Gasteiger partial charge in [-0.1, -0.05) is 37.6 Å². The van der Waals surface area contributed by atoms with Crippen LogP contribution in [0.2, 0.25) is 0 Å². The van der Waals surface area contributed by atoms with Crippen LogP contribution in [-0.4, -0.2) is 51.6 Å². The maximum atomic E-state index is 5.99. The van der Waals surface area contributed by atoms with Gasteiger partial charge >= 0.3 is 0 Å². The molecule has 1 aromatic rings. The van der Waals surface area contributed by atoms with Crippen LogP contribution < -0.4 is 10.6 Å². The Balaban J connectivity index is 1.69. The molecule has 0 unspecified atom stereocenters. The molecular formula is C23H39N3O3. The van der Waals surface area contributed by atoms with Crippen molar-refractivity contribution in [2.24, 2.45) is 4.99 Å². The summed E-state index contributed by atoms with van der Waals surface area (Å²) in [5.41, 5.74) is 2.40. The molecule has 2 N–H and O–H groups in total. The molecule has 0 aromatic heterocycles. The molecule has 0 radical (unpaired) electrons. The second-order valence-electron chi connectivity index (χ2n) is 7.38. The number of aliphatic imine (C=N–C) groups is 1. The molecule has 1 heterocycles. The van der Waals surface area contributed by atoms with Gasteiger partial charge in [0.2, 0.25) is 0 Å². The lowest BCUT2D eigenvalue weighted by molar-refractivity contribution is -0.0390. The second kappa shape index (κ2) is 15.2. The van der Waals surface area contributed by atoms with E-state index in [1.54, 1.807) is 0 Å². The number of hydrogen-bond acceptors (Lipinski definition) is 4. The van der Waals surface area contributed by atoms with Crippen LogP contribution in [0, 0.1) is 0 Å². The van der Waals surface area contributed by atoms with Crippen molar-refractivity contribution >= 4 is 5.96 Å². The smallest absolute Gasteiger partial charge is 0.191 e. The largest absolute Gasteiger partial charge is 0.381 e. The highest BCUT2D eigenvalue weighted by molar-refractivity contribution is 5.79. The molecule has 0 atom stereocenters. The Hall–Kier alpha value is -1.63. The molecule has 0 spiro atoms. The van der Waals surface area contributed by atoms with Gasteiger partial charge in [-0.15, -0.1) is 0 Å². The lowest BCUT2D eigenvalue weighted by Gasteiger charge is -2.22. The zero-order valence-corrected chi connectivity index (χ0v) is 18.3. The van der Waals surface area contributed by atoms with Crippen molar-refractivity contribution in [1.82, 2.24) is 10.6 Å². The molecule has 0 aliphatic carbocycles. The van der Waals surface area contributed by atoms with Gasteiger partial charge in [-0.2, -0.15) is 0 Å². The molecule has 1 aliphatic rings. The van der Waals surface area contributed by atoms with E-state index < -0.39 is 0 Å². The van der Waals surface area contributed by atoms with Gasteiger partial charge in [0, 0.05) is 39.5 Å². The summed E-state index contributed by atoms with van der Waals surface area (Å²) in [5.74, 6) is 0.855. The Morgan fingerprint density at radius 1 is 1.03 bits per heavy atom. The minimum Gasteiger partial charge on any atom is -0.381 e. The Morgan fingerprint density at radius 3 is 2.48 bits per heavy atom. The van der Waals surface area contributed by atoms with Crippen molar-refractivity contribution in [1.29, 1.82) is 0 Å². The average molecular weight is 406 g/mol. The van der Waals surface area contributed by atoms with Gasteiger partial charge in [0.25, 0.3) is 0 Å². The number of hydrogen-bond donors (Lipinski definition) is 2. The molecule has 1 fully saturated rings. The number of ether oxygens (including phenoxy) is 3. The van der Waals surface area contributed by atoms with Crippen LogP contribution >= 0.6 is 0 Å². The first-order valence-corrected chi connectivity index (χ1v) is 11.2. The topological polar surface area (TPSA) is 64.1 Å². The highest BCUT2D eigenvalue weighted by Gasteiger charge is 2.13. The first kappa shape index (κ1) is 23.6. The van der Waals surface area contributed by atoms with E-state index in [2.05, 4.69) is 53.7 Å². The first-order chi connectivity index (χ1) is 14.3. The quantitative estimate of drug-likeness (QED) is 0.298. The van der Waals surface area contributed by atoms with Crippen LogP contribution in [0.4, 0.5) is 0 Å². The highest BCUT2D eigenvalue weighted by Crippen LogP contribution is 2.14. The van der Waals surface area contributed by atoms with Gasteiger partial charge in [-0.05, 0) is 43.7 Å². The monoisotopic (exact) mass is 405 g/mol. The molecule has 1 saturated heterocycles. The average Bonchev–Trinajstić information content (AvgIpc) is 2.77. The summed E-state index contributed by atoms with van der Waals surface area (Å²) in [7, 11) is 0. The predicted molar refractivity (Wildman–Crippen MR) is 118 cm³/mol. The van der Waals surface area contributed by atoms with Crippen molar-refractivity contribution in [3.05, 3.63) is 35.4 Å². The lowest BCUT2D eigenvalue weighted by atomic mass is 10.1. The van der Waals surface area contributed by atoms with Gasteiger partial charge in [0.15, 0.2) is 5.96 Å². The standard InChI is InChI=1S/C23H39N3O3/c1-3-5-14-27-15-6-13-25-23(24-4-2)26-18-20-7-9-21(10-8-20)19-29-22-11-16-28-17-12-22/h7-10,22H,3-6,11-19H2,1-2H3,(H2,24,25,26). The summed E-state index contributed by atoms with van der Waals surface area (Å²) in [6.45, 7) is 10.6. The van der Waals surface area contributed by atoms with E-state index in [1.165, 1.54) is 17.5 Å². The minimum absolute atomic E-state index is 0.332. The van der Waals surface area contributed by atoms with Crippen LogP contribution in [0.1, 0.15) is 57.1 Å². The summed E-state index contributed by atoms with van der Waals surface area (Å²) in [4.78, 5) is 4.69. The molecule has 6 nitrogen and oxygen atoms in total. The normalized spacial score (nSPS) is 15.4. The minimum atomic E-state index is 0.332. The Morgan fingerprint density at radius 2 is 1.76 bits per heavy atom. The van der Waals surface area contributed by atoms with Crippen LogP contribution in [0.3, 0.4) is 0 Å². The van der Waals surface area contributed by atoms with Crippen molar-refractivity contribution in [2.45, 2.75) is 65.2 Å². The van der Waals surface area contributed by atoms with E-state index in [0.29, 0.717) is 19.3 Å². The summed E-state index contributed by atoms with van der Waals surface area (Å²) >= 11 is 0. The van der Waals surface area contributed by atoms with E-state index in [4.69, 9.17) is 14.2 Å². The van der Waals surface area contributed by atoms with E-state index in [9.17, 15) is 0 Å². The Kier molecular flexibility index (Phi) is 12.4. The number of rotatable bonds is 13. The molecule has 164 valence electrons. The second-order valence-corrected chi connectivity index (χ2v) is 7.38. The molecule has 1 aliphatic heterocycles. The molecule has 2 rings (SSSR count). The molecule has 0 saturated carbocycles. The summed E-state index contributed by atoms with van der Waals surface area (Å²) in [6, 6.07) is 8.55. The third-order valence-corrected chi connectivity index (χ3v) is 4.84. The summed E-state index contributed by atoms with van der Waals surface area (Å²) in [6.07, 6.45) is 5.63. The lowest BCUT2D eigenvalue weighted by Crippen LogP contribution is -2.38. The Labute approximate surface area is 176 Å². The van der Waals surface area contributed by atoms with Crippen LogP contribution in [0.15, 0.2) is 29.3 Å². The summed E-state index contributed by atoms with van der Waals surface area (Å²) in [5, 5.41) is 6.68. The fourth-order valence-electron chi connectivity index (χ4n) is 3.04. The third kappa shape index (κ3) is 10.6. The number of nitrogens with one attached hydrogen (secondary N) is 2. The third-order valence-electron chi connectivity index (χ3n) is 4.84. The maximum absolute atomic E-state index is 5.99. The fraction of sp³-hybridized carbons (Fsp3) is 0.696. The number of nitrogens with zero attached hydrogens (tertiary/aromatic N) is 1. The molecule has 1 aromatic carbocycles. The van der Waals surface area contributed by atoms with Gasteiger partial charge in [-0.3, -0.25) is 0 Å². The first-order valence-electron chi connectivity index (χ1n) is 11.2. The highest BCUT2D eigenvalue weighted by atomic mass is 16.5. The van der Waals surface area contributed by atoms with E-state index in [0.717, 1.165) is 71.2 Å². The molecule has 6 heteroatoms. The van der Waals surface area contributed by atoms with Gasteiger partial charge in [0.05, 0.1) is 19.3 Å². The molecular weight excluding hydrogens is 366 g/mol. The Bertz CT molecular complexity index is 557. The van der Waals surface area contributed by atoms with Crippen molar-refractivity contribution < 1.29 is 14.2 Å². The number of guanidine groups is 1. The van der Waals surface area contributed by atoms with Gasteiger partial charge in [-0.25, -0.2) is 4.99 Å². The van der Waals surface area contributed by atoms with Gasteiger partial charge < -0.3 is 24.8 Å². The van der Waals surface area contributed by atoms with Crippen LogP contribution in [0.25, 0.3) is 0 Å². The number of unbranched alkanes of at least 4 members (excludes halogenated alkanes) is 1. The van der Waals surface area contributed by atoms with Crippen LogP contribution in [0.5, 0.6) is 0 Å². The van der Waals surface area contributed by atoms with Gasteiger partial charge in [0.1, 0.15) is 0 Å². The number of benzene rings is 1.